The maximum absolute atomic E-state index is 12.8. The highest BCUT2D eigenvalue weighted by Crippen LogP contribution is 2.32. The Balaban J connectivity index is 1.67. The van der Waals surface area contributed by atoms with Crippen molar-refractivity contribution in [3.8, 4) is 0 Å². The molecule has 230 valence electrons. The zero-order chi connectivity index (χ0) is 31.2. The third-order valence-electron chi connectivity index (χ3n) is 6.20. The van der Waals surface area contributed by atoms with E-state index in [1.54, 1.807) is 6.92 Å². The van der Waals surface area contributed by atoms with Gasteiger partial charge in [0, 0.05) is 31.3 Å². The molecule has 1 fully saturated rings. The number of methoxy groups -OCH3 is 1. The number of carbonyl (C=O) groups excluding carboxylic acids is 3. The number of rotatable bonds is 7. The van der Waals surface area contributed by atoms with Gasteiger partial charge in [-0.1, -0.05) is 6.92 Å². The fourth-order valence-electron chi connectivity index (χ4n) is 4.10. The van der Waals surface area contributed by atoms with Crippen molar-refractivity contribution in [1.29, 1.82) is 0 Å². The second kappa shape index (κ2) is 13.3. The molecule has 16 heteroatoms. The van der Waals surface area contributed by atoms with Crippen LogP contribution in [0.3, 0.4) is 0 Å². The Labute approximate surface area is 235 Å². The minimum atomic E-state index is -4.57. The minimum absolute atomic E-state index is 0.00639. The second-order valence-corrected chi connectivity index (χ2v) is 9.23. The van der Waals surface area contributed by atoms with E-state index in [0.717, 1.165) is 48.5 Å². The highest BCUT2D eigenvalue weighted by Gasteiger charge is 2.47. The van der Waals surface area contributed by atoms with Gasteiger partial charge in [-0.2, -0.15) is 26.3 Å². The van der Waals surface area contributed by atoms with Gasteiger partial charge >= 0.3 is 24.5 Å². The third-order valence-corrected chi connectivity index (χ3v) is 6.20. The van der Waals surface area contributed by atoms with Crippen LogP contribution in [0.1, 0.15) is 25.0 Å². The molecule has 3 N–H and O–H groups in total. The predicted octanol–water partition coefficient (Wildman–Crippen LogP) is 5.40. The predicted molar refractivity (Wildman–Crippen MR) is 134 cm³/mol. The van der Waals surface area contributed by atoms with Gasteiger partial charge in [0.05, 0.1) is 11.1 Å². The fourth-order valence-corrected chi connectivity index (χ4v) is 4.10. The number of halogens is 6. The number of hydrogen-bond acceptors (Lipinski definition) is 7. The van der Waals surface area contributed by atoms with E-state index >= 15 is 0 Å². The van der Waals surface area contributed by atoms with Gasteiger partial charge in [0.25, 0.3) is 0 Å². The summed E-state index contributed by atoms with van der Waals surface area (Å²) in [5, 5.41) is 7.16. The van der Waals surface area contributed by atoms with Crippen LogP contribution in [0.5, 0.6) is 0 Å². The van der Waals surface area contributed by atoms with Crippen LogP contribution in [-0.2, 0) is 36.1 Å². The highest BCUT2D eigenvalue weighted by molar-refractivity contribution is 5.85. The van der Waals surface area contributed by atoms with E-state index in [1.807, 2.05) is 0 Å². The molecule has 42 heavy (non-hydrogen) atoms. The number of benzene rings is 2. The molecular formula is C26H27F6N3O7. The van der Waals surface area contributed by atoms with Crippen LogP contribution < -0.4 is 16.0 Å². The van der Waals surface area contributed by atoms with Gasteiger partial charge < -0.3 is 24.3 Å². The van der Waals surface area contributed by atoms with Crippen molar-refractivity contribution in [3.63, 3.8) is 0 Å². The van der Waals surface area contributed by atoms with E-state index in [2.05, 4.69) is 16.0 Å². The molecule has 3 rings (SSSR count). The third kappa shape index (κ3) is 8.72. The highest BCUT2D eigenvalue weighted by atomic mass is 19.4. The van der Waals surface area contributed by atoms with Gasteiger partial charge in [0.1, 0.15) is 24.9 Å². The first kappa shape index (κ1) is 32.5. The lowest BCUT2D eigenvalue weighted by Gasteiger charge is -2.44. The largest absolute Gasteiger partial charge is 0.447 e. The summed E-state index contributed by atoms with van der Waals surface area (Å²) in [5.74, 6) is -1.26. The molecule has 0 aromatic heterocycles. The molecule has 1 saturated heterocycles. The topological polar surface area (TPSA) is 124 Å². The van der Waals surface area contributed by atoms with E-state index < -0.39 is 78.6 Å². The lowest BCUT2D eigenvalue weighted by atomic mass is 9.89. The average Bonchev–Trinajstić information content (AvgIpc) is 2.89. The van der Waals surface area contributed by atoms with Crippen molar-refractivity contribution in [3.05, 3.63) is 59.7 Å². The summed E-state index contributed by atoms with van der Waals surface area (Å²) < 4.78 is 98.5. The summed E-state index contributed by atoms with van der Waals surface area (Å²) >= 11 is 0. The maximum atomic E-state index is 12.8. The molecule has 10 nitrogen and oxygen atoms in total. The molecule has 1 aliphatic rings. The maximum Gasteiger partial charge on any atom is 0.416 e. The molecule has 0 saturated carbocycles. The SMILES string of the molecule is CO[C@@H]1O[C@H](COC(=O)Nc2ccc(C(F)(F)F)cc2)[C@@H](C)[C@H](OC(=O)Nc2ccc(C(F)(F)F)cc2)[C@H]1NC(C)=O. The van der Waals surface area contributed by atoms with Crippen LogP contribution >= 0.6 is 0 Å². The van der Waals surface area contributed by atoms with E-state index in [0.29, 0.717) is 0 Å². The number of amides is 3. The Morgan fingerprint density at radius 3 is 1.74 bits per heavy atom. The molecule has 2 aromatic carbocycles. The van der Waals surface area contributed by atoms with Crippen molar-refractivity contribution in [2.24, 2.45) is 5.92 Å². The van der Waals surface area contributed by atoms with Crippen molar-refractivity contribution in [1.82, 2.24) is 5.32 Å². The van der Waals surface area contributed by atoms with Gasteiger partial charge in [0.15, 0.2) is 6.29 Å². The second-order valence-electron chi connectivity index (χ2n) is 9.23. The van der Waals surface area contributed by atoms with Crippen LogP contribution in [0.15, 0.2) is 48.5 Å². The summed E-state index contributed by atoms with van der Waals surface area (Å²) in [7, 11) is 1.25. The van der Waals surface area contributed by atoms with Gasteiger partial charge in [-0.3, -0.25) is 15.4 Å². The van der Waals surface area contributed by atoms with Crippen molar-refractivity contribution < 1.29 is 59.7 Å². The van der Waals surface area contributed by atoms with Crippen molar-refractivity contribution in [2.45, 2.75) is 50.7 Å². The zero-order valence-corrected chi connectivity index (χ0v) is 22.3. The summed E-state index contributed by atoms with van der Waals surface area (Å²) in [4.78, 5) is 36.8. The Morgan fingerprint density at radius 1 is 0.833 bits per heavy atom. The fraction of sp³-hybridized carbons (Fsp3) is 0.423. The molecule has 0 spiro atoms. The average molecular weight is 608 g/mol. The standard InChI is InChI=1S/C26H27F6N3O7/c1-13-19(12-40-23(37)34-17-8-4-15(5-9-17)25(27,28)29)41-22(39-3)20(33-14(2)36)21(13)42-24(38)35-18-10-6-16(7-11-18)26(30,31)32/h4-11,13,19-22H,12H2,1-3H3,(H,33,36)(H,34,37)(H,35,38)/t13-,19-,20-,21+,22-/m1/s1. The molecule has 3 amide bonds. The number of ether oxygens (including phenoxy) is 4. The first-order valence-electron chi connectivity index (χ1n) is 12.3. The first-order valence-corrected chi connectivity index (χ1v) is 12.3. The Hall–Kier alpha value is -4.05. The summed E-state index contributed by atoms with van der Waals surface area (Å²) in [6.45, 7) is 2.36. The van der Waals surface area contributed by atoms with Gasteiger partial charge in [0.2, 0.25) is 5.91 Å². The Morgan fingerprint density at radius 2 is 1.31 bits per heavy atom. The van der Waals surface area contributed by atoms with Crippen LogP contribution in [0, 0.1) is 5.92 Å². The summed E-state index contributed by atoms with van der Waals surface area (Å²) in [5.41, 5.74) is -1.78. The number of carbonyl (C=O) groups is 3. The van der Waals surface area contributed by atoms with E-state index in [9.17, 15) is 40.7 Å². The van der Waals surface area contributed by atoms with Gasteiger partial charge in [-0.15, -0.1) is 0 Å². The van der Waals surface area contributed by atoms with E-state index in [-0.39, 0.29) is 11.4 Å². The molecule has 5 atom stereocenters. The summed E-state index contributed by atoms with van der Waals surface area (Å²) in [6.07, 6.45) is -14.5. The number of hydrogen-bond donors (Lipinski definition) is 3. The molecule has 1 heterocycles. The van der Waals surface area contributed by atoms with E-state index in [4.69, 9.17) is 18.9 Å². The molecule has 1 aliphatic heterocycles. The molecule has 0 bridgehead atoms. The van der Waals surface area contributed by atoms with Crippen LogP contribution in [-0.4, -0.2) is 56.4 Å². The zero-order valence-electron chi connectivity index (χ0n) is 22.3. The smallest absolute Gasteiger partial charge is 0.416 e. The first-order chi connectivity index (χ1) is 19.6. The van der Waals surface area contributed by atoms with Gasteiger partial charge in [-0.05, 0) is 48.5 Å². The number of nitrogens with one attached hydrogen (secondary N) is 3. The van der Waals surface area contributed by atoms with Crippen LogP contribution in [0.2, 0.25) is 0 Å². The monoisotopic (exact) mass is 607 g/mol. The Bertz CT molecular complexity index is 1240. The lowest BCUT2D eigenvalue weighted by Crippen LogP contribution is -2.63. The summed E-state index contributed by atoms with van der Waals surface area (Å²) in [6, 6.07) is 6.24. The molecule has 0 unspecified atom stereocenters. The van der Waals surface area contributed by atoms with Crippen LogP contribution in [0.25, 0.3) is 0 Å². The minimum Gasteiger partial charge on any atom is -0.447 e. The molecule has 2 aromatic rings. The Kier molecular flexibility index (Phi) is 10.3. The van der Waals surface area contributed by atoms with Crippen LogP contribution in [0.4, 0.5) is 47.3 Å². The molecule has 0 radical (unpaired) electrons. The quantitative estimate of drug-likeness (QED) is 0.360. The van der Waals surface area contributed by atoms with Crippen molar-refractivity contribution >= 4 is 29.5 Å². The number of alkyl halides is 6. The van der Waals surface area contributed by atoms with Crippen molar-refractivity contribution in [2.75, 3.05) is 24.4 Å². The lowest BCUT2D eigenvalue weighted by molar-refractivity contribution is -0.244. The number of anilines is 2. The molecule has 0 aliphatic carbocycles. The van der Waals surface area contributed by atoms with E-state index in [1.165, 1.54) is 14.0 Å². The normalized spacial score (nSPS) is 22.5. The van der Waals surface area contributed by atoms with Gasteiger partial charge in [-0.25, -0.2) is 9.59 Å². The molecular weight excluding hydrogens is 580 g/mol.